The number of nitrogens with zero attached hydrogens (tertiary/aromatic N) is 1. The van der Waals surface area contributed by atoms with Crippen LogP contribution in [-0.4, -0.2) is 50.9 Å². The third kappa shape index (κ3) is 6.71. The zero-order chi connectivity index (χ0) is 17.6. The molecule has 0 unspecified atom stereocenters. The van der Waals surface area contributed by atoms with Crippen LogP contribution in [0.25, 0.3) is 0 Å². The average Bonchev–Trinajstić information content (AvgIpc) is 2.45. The molecule has 0 aliphatic carbocycles. The van der Waals surface area contributed by atoms with Crippen molar-refractivity contribution in [2.75, 3.05) is 30.9 Å². The van der Waals surface area contributed by atoms with E-state index in [1.165, 1.54) is 6.26 Å². The van der Waals surface area contributed by atoms with E-state index in [1.807, 2.05) is 43.1 Å². The number of likely N-dealkylation sites (N-methyl/N-ethyl adjacent to an activating group) is 1. The van der Waals surface area contributed by atoms with Crippen molar-refractivity contribution in [2.24, 2.45) is 0 Å². The van der Waals surface area contributed by atoms with E-state index in [0.717, 1.165) is 11.3 Å². The Kier molecular flexibility index (Phi) is 7.22. The number of carbonyl (C=O) groups excluding carboxylic acids is 1. The first-order valence-corrected chi connectivity index (χ1v) is 9.95. The molecule has 0 saturated heterocycles. The molecule has 1 aromatic carbocycles. The molecule has 0 bridgehead atoms. The van der Waals surface area contributed by atoms with Gasteiger partial charge in [0.25, 0.3) is 0 Å². The highest BCUT2D eigenvalue weighted by atomic mass is 32.2. The third-order valence-electron chi connectivity index (χ3n) is 3.91. The quantitative estimate of drug-likeness (QED) is 0.789. The third-order valence-corrected chi connectivity index (χ3v) is 4.94. The van der Waals surface area contributed by atoms with Crippen LogP contribution in [0.2, 0.25) is 0 Å². The molecule has 6 heteroatoms. The van der Waals surface area contributed by atoms with Crippen LogP contribution in [-0.2, 0) is 14.6 Å². The Hall–Kier alpha value is -1.40. The first kappa shape index (κ1) is 19.6. The van der Waals surface area contributed by atoms with Crippen molar-refractivity contribution in [3.05, 3.63) is 29.8 Å². The Morgan fingerprint density at radius 1 is 1.22 bits per heavy atom. The van der Waals surface area contributed by atoms with Gasteiger partial charge in [-0.2, -0.15) is 0 Å². The summed E-state index contributed by atoms with van der Waals surface area (Å²) in [5.41, 5.74) is 1.94. The van der Waals surface area contributed by atoms with Crippen molar-refractivity contribution in [3.63, 3.8) is 0 Å². The summed E-state index contributed by atoms with van der Waals surface area (Å²) in [6.07, 6.45) is 1.75. The molecule has 1 rings (SSSR count). The number of sulfone groups is 1. The first-order valence-electron chi connectivity index (χ1n) is 7.89. The van der Waals surface area contributed by atoms with Gasteiger partial charge in [-0.05, 0) is 44.5 Å². The van der Waals surface area contributed by atoms with E-state index in [1.54, 1.807) is 0 Å². The summed E-state index contributed by atoms with van der Waals surface area (Å²) in [5, 5.41) is 2.98. The number of nitrogens with one attached hydrogen (secondary N) is 1. The lowest BCUT2D eigenvalue weighted by atomic mass is 10.0. The average molecular weight is 340 g/mol. The standard InChI is InChI=1S/C17H28N2O3S/c1-13(2)15-9-6-7-10-16(15)18-17(20)14(3)19(4)11-8-12-23(5,21)22/h6-7,9-10,13-14H,8,11-12H2,1-5H3,(H,18,20)/t14-/m1/s1. The van der Waals surface area contributed by atoms with Crippen molar-refractivity contribution in [3.8, 4) is 0 Å². The molecule has 130 valence electrons. The number of rotatable bonds is 8. The van der Waals surface area contributed by atoms with Gasteiger partial charge in [0.05, 0.1) is 11.8 Å². The van der Waals surface area contributed by atoms with Gasteiger partial charge < -0.3 is 5.32 Å². The van der Waals surface area contributed by atoms with Gasteiger partial charge in [-0.1, -0.05) is 32.0 Å². The second kappa shape index (κ2) is 8.45. The molecule has 23 heavy (non-hydrogen) atoms. The summed E-state index contributed by atoms with van der Waals surface area (Å²) >= 11 is 0. The summed E-state index contributed by atoms with van der Waals surface area (Å²) in [6.45, 7) is 6.57. The Bertz CT molecular complexity index is 626. The molecule has 0 radical (unpaired) electrons. The number of hydrogen-bond acceptors (Lipinski definition) is 4. The van der Waals surface area contributed by atoms with E-state index < -0.39 is 9.84 Å². The summed E-state index contributed by atoms with van der Waals surface area (Å²) in [6, 6.07) is 7.47. The van der Waals surface area contributed by atoms with Gasteiger partial charge in [-0.3, -0.25) is 9.69 Å². The van der Waals surface area contributed by atoms with Gasteiger partial charge in [-0.25, -0.2) is 8.42 Å². The molecule has 1 amide bonds. The van der Waals surface area contributed by atoms with Crippen molar-refractivity contribution < 1.29 is 13.2 Å². The van der Waals surface area contributed by atoms with E-state index in [4.69, 9.17) is 0 Å². The van der Waals surface area contributed by atoms with Gasteiger partial charge >= 0.3 is 0 Å². The Labute approximate surface area is 140 Å². The lowest BCUT2D eigenvalue weighted by Gasteiger charge is -2.24. The highest BCUT2D eigenvalue weighted by Crippen LogP contribution is 2.23. The minimum atomic E-state index is -2.96. The van der Waals surface area contributed by atoms with Crippen LogP contribution in [0, 0.1) is 0 Å². The predicted molar refractivity (Wildman–Crippen MR) is 95.6 cm³/mol. The SMILES string of the molecule is CC(C)c1ccccc1NC(=O)[C@@H](C)N(C)CCCS(C)(=O)=O. The van der Waals surface area contributed by atoms with Crippen LogP contribution < -0.4 is 5.32 Å². The molecular weight excluding hydrogens is 312 g/mol. The zero-order valence-corrected chi connectivity index (χ0v) is 15.5. The minimum absolute atomic E-state index is 0.0834. The summed E-state index contributed by atoms with van der Waals surface area (Å²) in [5.74, 6) is 0.385. The Balaban J connectivity index is 2.63. The number of para-hydroxylation sites is 1. The van der Waals surface area contributed by atoms with Gasteiger partial charge in [0.1, 0.15) is 9.84 Å². The fourth-order valence-electron chi connectivity index (χ4n) is 2.32. The van der Waals surface area contributed by atoms with Crippen LogP contribution in [0.3, 0.4) is 0 Å². The molecule has 0 aliphatic rings. The first-order chi connectivity index (χ1) is 10.6. The summed E-state index contributed by atoms with van der Waals surface area (Å²) in [4.78, 5) is 14.3. The second-order valence-electron chi connectivity index (χ2n) is 6.37. The van der Waals surface area contributed by atoms with E-state index >= 15 is 0 Å². The minimum Gasteiger partial charge on any atom is -0.324 e. The van der Waals surface area contributed by atoms with E-state index in [-0.39, 0.29) is 17.7 Å². The highest BCUT2D eigenvalue weighted by molar-refractivity contribution is 7.90. The maximum absolute atomic E-state index is 12.4. The highest BCUT2D eigenvalue weighted by Gasteiger charge is 2.19. The molecule has 0 saturated carbocycles. The fraction of sp³-hybridized carbons (Fsp3) is 0.588. The van der Waals surface area contributed by atoms with E-state index in [9.17, 15) is 13.2 Å². The lowest BCUT2D eigenvalue weighted by Crippen LogP contribution is -2.40. The smallest absolute Gasteiger partial charge is 0.241 e. The molecule has 0 heterocycles. The number of hydrogen-bond donors (Lipinski definition) is 1. The van der Waals surface area contributed by atoms with Crippen LogP contribution in [0.4, 0.5) is 5.69 Å². The van der Waals surface area contributed by atoms with Crippen LogP contribution in [0.1, 0.15) is 38.7 Å². The summed E-state index contributed by atoms with van der Waals surface area (Å²) in [7, 11) is -1.12. The fourth-order valence-corrected chi connectivity index (χ4v) is 2.97. The van der Waals surface area contributed by atoms with Gasteiger partial charge in [0.15, 0.2) is 0 Å². The van der Waals surface area contributed by atoms with Crippen molar-refractivity contribution in [1.82, 2.24) is 4.90 Å². The Morgan fingerprint density at radius 2 is 1.83 bits per heavy atom. The molecule has 0 fully saturated rings. The van der Waals surface area contributed by atoms with E-state index in [2.05, 4.69) is 19.2 Å². The van der Waals surface area contributed by atoms with Gasteiger partial charge in [0.2, 0.25) is 5.91 Å². The normalized spacial score (nSPS) is 13.3. The topological polar surface area (TPSA) is 66.5 Å². The van der Waals surface area contributed by atoms with Crippen LogP contribution in [0.15, 0.2) is 24.3 Å². The predicted octanol–water partition coefficient (Wildman–Crippen LogP) is 2.50. The second-order valence-corrected chi connectivity index (χ2v) is 8.63. The molecule has 1 atom stereocenters. The molecule has 1 N–H and O–H groups in total. The lowest BCUT2D eigenvalue weighted by molar-refractivity contribution is -0.120. The van der Waals surface area contributed by atoms with Crippen molar-refractivity contribution >= 4 is 21.4 Å². The molecule has 5 nitrogen and oxygen atoms in total. The van der Waals surface area contributed by atoms with Crippen LogP contribution >= 0.6 is 0 Å². The number of amides is 1. The Morgan fingerprint density at radius 3 is 2.39 bits per heavy atom. The van der Waals surface area contributed by atoms with Gasteiger partial charge in [-0.15, -0.1) is 0 Å². The molecule has 0 spiro atoms. The van der Waals surface area contributed by atoms with Gasteiger partial charge in [0, 0.05) is 11.9 Å². The largest absolute Gasteiger partial charge is 0.324 e. The maximum atomic E-state index is 12.4. The van der Waals surface area contributed by atoms with Crippen LogP contribution in [0.5, 0.6) is 0 Å². The van der Waals surface area contributed by atoms with E-state index in [0.29, 0.717) is 18.9 Å². The monoisotopic (exact) mass is 340 g/mol. The molecule has 0 aromatic heterocycles. The zero-order valence-electron chi connectivity index (χ0n) is 14.7. The number of carbonyl (C=O) groups is 1. The number of anilines is 1. The van der Waals surface area contributed by atoms with Crippen molar-refractivity contribution in [2.45, 2.75) is 39.2 Å². The maximum Gasteiger partial charge on any atom is 0.241 e. The summed E-state index contributed by atoms with van der Waals surface area (Å²) < 4.78 is 22.3. The number of benzene rings is 1. The molecule has 0 aliphatic heterocycles. The van der Waals surface area contributed by atoms with Crippen molar-refractivity contribution in [1.29, 1.82) is 0 Å². The molecule has 1 aromatic rings. The molecular formula is C17H28N2O3S.